The summed E-state index contributed by atoms with van der Waals surface area (Å²) in [7, 11) is 1.41. The zero-order valence-electron chi connectivity index (χ0n) is 12.0. The molecule has 1 aromatic carbocycles. The molecule has 0 spiro atoms. The predicted molar refractivity (Wildman–Crippen MR) is 80.6 cm³/mol. The van der Waals surface area contributed by atoms with Gasteiger partial charge in [-0.3, -0.25) is 10.1 Å². The number of aromatic nitrogens is 2. The molecule has 1 unspecified atom stereocenters. The van der Waals surface area contributed by atoms with Gasteiger partial charge in [-0.05, 0) is 19.5 Å². The molecule has 1 N–H and O–H groups in total. The van der Waals surface area contributed by atoms with Gasteiger partial charge in [-0.2, -0.15) is 0 Å². The third-order valence-corrected chi connectivity index (χ3v) is 4.09. The van der Waals surface area contributed by atoms with Crippen LogP contribution in [0.2, 0.25) is 0 Å². The number of methoxy groups -OCH3 is 1. The summed E-state index contributed by atoms with van der Waals surface area (Å²) in [5, 5.41) is 24.0. The first-order valence-corrected chi connectivity index (χ1v) is 7.28. The van der Waals surface area contributed by atoms with Gasteiger partial charge in [0.15, 0.2) is 5.01 Å². The van der Waals surface area contributed by atoms with Crippen LogP contribution in [0, 0.1) is 10.1 Å². The molecular weight excluding hydrogens is 292 g/mol. The topological polar surface area (TPSA) is 90.2 Å². The first-order chi connectivity index (χ1) is 10.1. The van der Waals surface area contributed by atoms with Crippen molar-refractivity contribution in [3.8, 4) is 16.3 Å². The number of nitro benzene ring substituents is 1. The highest BCUT2D eigenvalue weighted by Gasteiger charge is 2.22. The summed E-state index contributed by atoms with van der Waals surface area (Å²) in [5.41, 5.74) is 0.505. The van der Waals surface area contributed by atoms with Crippen LogP contribution in [0.5, 0.6) is 5.75 Å². The molecule has 0 fully saturated rings. The van der Waals surface area contributed by atoms with E-state index in [0.29, 0.717) is 10.6 Å². The Balaban J connectivity index is 2.43. The van der Waals surface area contributed by atoms with Gasteiger partial charge >= 0.3 is 5.69 Å². The minimum Gasteiger partial charge on any atom is -0.490 e. The Hall–Kier alpha value is -2.06. The first kappa shape index (κ1) is 15.3. The Morgan fingerprint density at radius 2 is 2.24 bits per heavy atom. The molecule has 21 heavy (non-hydrogen) atoms. The maximum atomic E-state index is 11.0. The Bertz CT molecular complexity index is 644. The second kappa shape index (κ2) is 6.59. The third-order valence-electron chi connectivity index (χ3n) is 2.95. The average Bonchev–Trinajstić information content (AvgIpc) is 2.96. The largest absolute Gasteiger partial charge is 0.490 e. The van der Waals surface area contributed by atoms with Crippen LogP contribution in [0.4, 0.5) is 5.69 Å². The fourth-order valence-corrected chi connectivity index (χ4v) is 2.86. The van der Waals surface area contributed by atoms with Crippen LogP contribution >= 0.6 is 11.3 Å². The van der Waals surface area contributed by atoms with Gasteiger partial charge in [-0.1, -0.05) is 24.3 Å². The number of rotatable bonds is 6. The number of hydrogen-bond donors (Lipinski definition) is 1. The van der Waals surface area contributed by atoms with E-state index in [1.165, 1.54) is 24.5 Å². The van der Waals surface area contributed by atoms with Gasteiger partial charge in [-0.25, -0.2) is 0 Å². The Morgan fingerprint density at radius 3 is 2.86 bits per heavy atom. The molecule has 0 radical (unpaired) electrons. The van der Waals surface area contributed by atoms with Crippen LogP contribution in [-0.4, -0.2) is 28.8 Å². The van der Waals surface area contributed by atoms with Crippen LogP contribution in [0.3, 0.4) is 0 Å². The lowest BCUT2D eigenvalue weighted by molar-refractivity contribution is -0.385. The van der Waals surface area contributed by atoms with Gasteiger partial charge < -0.3 is 10.1 Å². The van der Waals surface area contributed by atoms with E-state index >= 15 is 0 Å². The second-order valence-corrected chi connectivity index (χ2v) is 5.35. The molecule has 8 heteroatoms. The van der Waals surface area contributed by atoms with E-state index in [1.807, 2.05) is 13.8 Å². The van der Waals surface area contributed by atoms with Crippen LogP contribution in [-0.2, 0) is 0 Å². The summed E-state index contributed by atoms with van der Waals surface area (Å²) < 4.78 is 5.19. The molecule has 0 saturated heterocycles. The van der Waals surface area contributed by atoms with Crippen LogP contribution in [0.1, 0.15) is 24.9 Å². The van der Waals surface area contributed by atoms with Crippen molar-refractivity contribution in [2.24, 2.45) is 0 Å². The maximum Gasteiger partial charge on any atom is 0.311 e. The summed E-state index contributed by atoms with van der Waals surface area (Å²) in [6.45, 7) is 4.84. The molecule has 1 aromatic heterocycles. The first-order valence-electron chi connectivity index (χ1n) is 6.47. The number of nitro groups is 1. The summed E-state index contributed by atoms with van der Waals surface area (Å²) in [4.78, 5) is 10.6. The number of nitrogens with zero attached hydrogens (tertiary/aromatic N) is 3. The highest BCUT2D eigenvalue weighted by molar-refractivity contribution is 7.14. The molecule has 2 rings (SSSR count). The van der Waals surface area contributed by atoms with E-state index in [1.54, 1.807) is 12.1 Å². The standard InChI is InChI=1S/C13H16N4O3S/c1-4-14-8(2)12-15-16-13(21-12)9-6-5-7-10(17(18)19)11(9)20-3/h5-8,14H,4H2,1-3H3. The van der Waals surface area contributed by atoms with Crippen molar-refractivity contribution >= 4 is 17.0 Å². The molecule has 1 heterocycles. The fourth-order valence-electron chi connectivity index (χ4n) is 1.96. The van der Waals surface area contributed by atoms with Crippen molar-refractivity contribution in [3.05, 3.63) is 33.3 Å². The summed E-state index contributed by atoms with van der Waals surface area (Å²) in [6.07, 6.45) is 0. The summed E-state index contributed by atoms with van der Waals surface area (Å²) in [6, 6.07) is 4.86. The quantitative estimate of drug-likeness (QED) is 0.652. The van der Waals surface area contributed by atoms with Crippen molar-refractivity contribution < 1.29 is 9.66 Å². The van der Waals surface area contributed by atoms with Crippen molar-refractivity contribution in [1.82, 2.24) is 15.5 Å². The van der Waals surface area contributed by atoms with Gasteiger partial charge in [0.1, 0.15) is 5.01 Å². The zero-order chi connectivity index (χ0) is 15.4. The molecule has 2 aromatic rings. The third kappa shape index (κ3) is 3.17. The van der Waals surface area contributed by atoms with Crippen molar-refractivity contribution in [2.45, 2.75) is 19.9 Å². The highest BCUT2D eigenvalue weighted by Crippen LogP contribution is 2.39. The normalized spacial score (nSPS) is 12.1. The Kier molecular flexibility index (Phi) is 4.81. The lowest BCUT2D eigenvalue weighted by Gasteiger charge is -2.07. The van der Waals surface area contributed by atoms with Gasteiger partial charge in [-0.15, -0.1) is 10.2 Å². The SMILES string of the molecule is CCNC(C)c1nnc(-c2cccc([N+](=O)[O-])c2OC)s1. The number of para-hydroxylation sites is 1. The van der Waals surface area contributed by atoms with Gasteiger partial charge in [0.2, 0.25) is 5.75 Å². The van der Waals surface area contributed by atoms with E-state index in [-0.39, 0.29) is 17.5 Å². The predicted octanol–water partition coefficient (Wildman–Crippen LogP) is 2.79. The molecule has 0 aliphatic carbocycles. The molecule has 1 atom stereocenters. The van der Waals surface area contributed by atoms with Gasteiger partial charge in [0, 0.05) is 6.07 Å². The number of benzene rings is 1. The smallest absolute Gasteiger partial charge is 0.311 e. The summed E-state index contributed by atoms with van der Waals surface area (Å²) >= 11 is 1.40. The van der Waals surface area contributed by atoms with Gasteiger partial charge in [0.25, 0.3) is 0 Å². The van der Waals surface area contributed by atoms with Crippen molar-refractivity contribution in [3.63, 3.8) is 0 Å². The van der Waals surface area contributed by atoms with Gasteiger partial charge in [0.05, 0.1) is 23.6 Å². The molecule has 0 aliphatic rings. The molecule has 0 bridgehead atoms. The molecule has 112 valence electrons. The molecule has 0 amide bonds. The van der Waals surface area contributed by atoms with Crippen LogP contribution in [0.15, 0.2) is 18.2 Å². The van der Waals surface area contributed by atoms with E-state index in [9.17, 15) is 10.1 Å². The van der Waals surface area contributed by atoms with E-state index in [4.69, 9.17) is 4.74 Å². The Labute approximate surface area is 126 Å². The lowest BCUT2D eigenvalue weighted by atomic mass is 10.2. The maximum absolute atomic E-state index is 11.0. The molecular formula is C13H16N4O3S. The monoisotopic (exact) mass is 308 g/mol. The number of nitrogens with one attached hydrogen (secondary N) is 1. The number of ether oxygens (including phenoxy) is 1. The number of hydrogen-bond acceptors (Lipinski definition) is 7. The second-order valence-electron chi connectivity index (χ2n) is 4.34. The lowest BCUT2D eigenvalue weighted by Crippen LogP contribution is -2.17. The van der Waals surface area contributed by atoms with Crippen LogP contribution < -0.4 is 10.1 Å². The van der Waals surface area contributed by atoms with Crippen molar-refractivity contribution in [1.29, 1.82) is 0 Å². The minimum absolute atomic E-state index is 0.0773. The minimum atomic E-state index is -0.467. The summed E-state index contributed by atoms with van der Waals surface area (Å²) in [5.74, 6) is 0.210. The molecule has 7 nitrogen and oxygen atoms in total. The molecule has 0 saturated carbocycles. The molecule has 0 aliphatic heterocycles. The average molecular weight is 308 g/mol. The highest BCUT2D eigenvalue weighted by atomic mass is 32.1. The van der Waals surface area contributed by atoms with E-state index in [0.717, 1.165) is 11.6 Å². The fraction of sp³-hybridized carbons (Fsp3) is 0.385. The van der Waals surface area contributed by atoms with E-state index in [2.05, 4.69) is 15.5 Å². The van der Waals surface area contributed by atoms with Crippen LogP contribution in [0.25, 0.3) is 10.6 Å². The zero-order valence-corrected chi connectivity index (χ0v) is 12.8. The Morgan fingerprint density at radius 1 is 1.48 bits per heavy atom. The van der Waals surface area contributed by atoms with E-state index < -0.39 is 4.92 Å². The van der Waals surface area contributed by atoms with Crippen molar-refractivity contribution in [2.75, 3.05) is 13.7 Å².